The van der Waals surface area contributed by atoms with E-state index >= 15 is 0 Å². The number of aryl methyl sites for hydroxylation is 1. The Morgan fingerprint density at radius 3 is 2.19 bits per heavy atom. The van der Waals surface area contributed by atoms with E-state index in [1.54, 1.807) is 13.8 Å². The van der Waals surface area contributed by atoms with Crippen LogP contribution in [0, 0.1) is 13.8 Å². The first-order chi connectivity index (χ1) is 15.3. The SMILES string of the molecule is CCN(CC)S(=O)(=O)c1c(C)nn(CC(=O)Nc2ccc(N3CCCCCC3)cc2)c1C. The van der Waals surface area contributed by atoms with Gasteiger partial charge in [0, 0.05) is 37.6 Å². The maximum Gasteiger partial charge on any atom is 0.246 e. The highest BCUT2D eigenvalue weighted by Gasteiger charge is 2.29. The highest BCUT2D eigenvalue weighted by Crippen LogP contribution is 2.24. The van der Waals surface area contributed by atoms with Gasteiger partial charge in [-0.1, -0.05) is 26.7 Å². The minimum atomic E-state index is -3.64. The van der Waals surface area contributed by atoms with Crippen LogP contribution in [0.25, 0.3) is 0 Å². The summed E-state index contributed by atoms with van der Waals surface area (Å²) in [6, 6.07) is 7.91. The predicted molar refractivity (Wildman–Crippen MR) is 128 cm³/mol. The molecular formula is C23H35N5O3S. The van der Waals surface area contributed by atoms with Crippen LogP contribution in [0.4, 0.5) is 11.4 Å². The predicted octanol–water partition coefficient (Wildman–Crippen LogP) is 3.55. The molecular weight excluding hydrogens is 426 g/mol. The largest absolute Gasteiger partial charge is 0.372 e. The van der Waals surface area contributed by atoms with Gasteiger partial charge in [-0.3, -0.25) is 9.48 Å². The number of rotatable bonds is 8. The Bertz CT molecular complexity index is 1020. The summed E-state index contributed by atoms with van der Waals surface area (Å²) in [5.41, 5.74) is 2.77. The second-order valence-corrected chi connectivity index (χ2v) is 10.1. The molecule has 1 aliphatic rings. The second-order valence-electron chi connectivity index (χ2n) is 8.24. The summed E-state index contributed by atoms with van der Waals surface area (Å²) in [6.45, 7) is 9.84. The summed E-state index contributed by atoms with van der Waals surface area (Å²) in [4.78, 5) is 15.2. The summed E-state index contributed by atoms with van der Waals surface area (Å²) in [6.07, 6.45) is 5.00. The molecule has 1 saturated heterocycles. The fourth-order valence-electron chi connectivity index (χ4n) is 4.32. The van der Waals surface area contributed by atoms with Gasteiger partial charge in [0.15, 0.2) is 0 Å². The number of aromatic nitrogens is 2. The maximum atomic E-state index is 13.0. The number of sulfonamides is 1. The molecule has 1 amide bonds. The van der Waals surface area contributed by atoms with E-state index in [0.29, 0.717) is 30.2 Å². The molecule has 0 spiro atoms. The number of nitrogens with zero attached hydrogens (tertiary/aromatic N) is 4. The number of amides is 1. The molecule has 1 fully saturated rings. The average molecular weight is 462 g/mol. The van der Waals surface area contributed by atoms with Crippen molar-refractivity contribution >= 4 is 27.3 Å². The fourth-order valence-corrected chi connectivity index (χ4v) is 6.15. The van der Waals surface area contributed by atoms with Gasteiger partial charge in [0.1, 0.15) is 11.4 Å². The van der Waals surface area contributed by atoms with Crippen molar-refractivity contribution in [3.63, 3.8) is 0 Å². The molecule has 0 unspecified atom stereocenters. The Morgan fingerprint density at radius 2 is 1.62 bits per heavy atom. The van der Waals surface area contributed by atoms with Crippen molar-refractivity contribution in [2.24, 2.45) is 0 Å². The zero-order chi connectivity index (χ0) is 23.3. The van der Waals surface area contributed by atoms with E-state index in [4.69, 9.17) is 0 Å². The first-order valence-electron chi connectivity index (χ1n) is 11.5. The van der Waals surface area contributed by atoms with E-state index < -0.39 is 10.0 Å². The normalized spacial score (nSPS) is 15.1. The molecule has 1 aliphatic heterocycles. The van der Waals surface area contributed by atoms with Gasteiger partial charge in [0.25, 0.3) is 0 Å². The number of carbonyl (C=O) groups excluding carboxylic acids is 1. The Balaban J connectivity index is 1.69. The van der Waals surface area contributed by atoms with E-state index in [2.05, 4.69) is 15.3 Å². The van der Waals surface area contributed by atoms with Crippen LogP contribution in [0.2, 0.25) is 0 Å². The zero-order valence-corrected chi connectivity index (χ0v) is 20.4. The molecule has 0 saturated carbocycles. The average Bonchev–Trinajstić information content (AvgIpc) is 2.92. The van der Waals surface area contributed by atoms with Crippen LogP contribution in [0.15, 0.2) is 29.2 Å². The van der Waals surface area contributed by atoms with Gasteiger partial charge in [0.05, 0.1) is 11.4 Å². The lowest BCUT2D eigenvalue weighted by molar-refractivity contribution is -0.116. The molecule has 0 atom stereocenters. The van der Waals surface area contributed by atoms with Crippen LogP contribution in [0.3, 0.4) is 0 Å². The lowest BCUT2D eigenvalue weighted by Crippen LogP contribution is -2.31. The summed E-state index contributed by atoms with van der Waals surface area (Å²) in [5, 5.41) is 7.23. The molecule has 0 bridgehead atoms. The molecule has 1 aromatic heterocycles. The van der Waals surface area contributed by atoms with Crippen molar-refractivity contribution in [3.8, 4) is 0 Å². The van der Waals surface area contributed by atoms with Gasteiger partial charge in [-0.15, -0.1) is 0 Å². The van der Waals surface area contributed by atoms with E-state index in [0.717, 1.165) is 13.1 Å². The molecule has 8 nitrogen and oxygen atoms in total. The third kappa shape index (κ3) is 5.32. The molecule has 32 heavy (non-hydrogen) atoms. The maximum absolute atomic E-state index is 13.0. The Labute approximate surface area is 191 Å². The number of anilines is 2. The molecule has 176 valence electrons. The third-order valence-electron chi connectivity index (χ3n) is 6.03. The van der Waals surface area contributed by atoms with Crippen molar-refractivity contribution in [3.05, 3.63) is 35.7 Å². The summed E-state index contributed by atoms with van der Waals surface area (Å²) in [7, 11) is -3.64. The monoisotopic (exact) mass is 461 g/mol. The standard InChI is InChI=1S/C23H35N5O3S/c1-5-27(6-2)32(30,31)23-18(3)25-28(19(23)4)17-22(29)24-20-11-13-21(14-12-20)26-15-9-7-8-10-16-26/h11-14H,5-10,15-17H2,1-4H3,(H,24,29). The van der Waals surface area contributed by atoms with Crippen molar-refractivity contribution in [1.82, 2.24) is 14.1 Å². The molecule has 0 aliphatic carbocycles. The van der Waals surface area contributed by atoms with Crippen LogP contribution in [-0.2, 0) is 21.4 Å². The van der Waals surface area contributed by atoms with Crippen molar-refractivity contribution < 1.29 is 13.2 Å². The first-order valence-corrected chi connectivity index (χ1v) is 12.9. The Hall–Kier alpha value is -2.39. The molecule has 3 rings (SSSR count). The third-order valence-corrected chi connectivity index (χ3v) is 8.34. The highest BCUT2D eigenvalue weighted by molar-refractivity contribution is 7.89. The van der Waals surface area contributed by atoms with Crippen LogP contribution in [0.5, 0.6) is 0 Å². The summed E-state index contributed by atoms with van der Waals surface area (Å²) >= 11 is 0. The second kappa shape index (κ2) is 10.5. The zero-order valence-electron chi connectivity index (χ0n) is 19.6. The molecule has 2 aromatic rings. The van der Waals surface area contributed by atoms with E-state index in [1.165, 1.54) is 40.4 Å². The smallest absolute Gasteiger partial charge is 0.246 e. The fraction of sp³-hybridized carbons (Fsp3) is 0.565. The molecule has 9 heteroatoms. The Morgan fingerprint density at radius 1 is 1.03 bits per heavy atom. The Kier molecular flexibility index (Phi) is 7.95. The van der Waals surface area contributed by atoms with Crippen LogP contribution in [-0.4, -0.2) is 54.6 Å². The number of benzene rings is 1. The minimum Gasteiger partial charge on any atom is -0.372 e. The van der Waals surface area contributed by atoms with E-state index in [9.17, 15) is 13.2 Å². The van der Waals surface area contributed by atoms with Gasteiger partial charge in [-0.2, -0.15) is 9.40 Å². The lowest BCUT2D eigenvalue weighted by Gasteiger charge is -2.22. The summed E-state index contributed by atoms with van der Waals surface area (Å²) in [5.74, 6) is -0.245. The van der Waals surface area contributed by atoms with Crippen LogP contribution >= 0.6 is 0 Å². The van der Waals surface area contributed by atoms with Crippen LogP contribution < -0.4 is 10.2 Å². The van der Waals surface area contributed by atoms with Crippen molar-refractivity contribution in [1.29, 1.82) is 0 Å². The quantitative estimate of drug-likeness (QED) is 0.650. The first kappa shape index (κ1) is 24.3. The van der Waals surface area contributed by atoms with E-state index in [1.807, 2.05) is 38.1 Å². The summed E-state index contributed by atoms with van der Waals surface area (Å²) < 4.78 is 28.8. The number of hydrogen-bond donors (Lipinski definition) is 1. The molecule has 2 heterocycles. The minimum absolute atomic E-state index is 0.0473. The molecule has 1 aromatic carbocycles. The lowest BCUT2D eigenvalue weighted by atomic mass is 10.2. The number of carbonyl (C=O) groups is 1. The van der Waals surface area contributed by atoms with Crippen LogP contribution in [0.1, 0.15) is 50.9 Å². The van der Waals surface area contributed by atoms with Gasteiger partial charge in [0.2, 0.25) is 15.9 Å². The van der Waals surface area contributed by atoms with Gasteiger partial charge in [-0.25, -0.2) is 8.42 Å². The van der Waals surface area contributed by atoms with Gasteiger partial charge >= 0.3 is 0 Å². The number of nitrogens with one attached hydrogen (secondary N) is 1. The van der Waals surface area contributed by atoms with Crippen molar-refractivity contribution in [2.45, 2.75) is 64.8 Å². The number of hydrogen-bond acceptors (Lipinski definition) is 5. The van der Waals surface area contributed by atoms with E-state index in [-0.39, 0.29) is 17.3 Å². The highest BCUT2D eigenvalue weighted by atomic mass is 32.2. The van der Waals surface area contributed by atoms with Gasteiger partial charge < -0.3 is 10.2 Å². The van der Waals surface area contributed by atoms with Crippen molar-refractivity contribution in [2.75, 3.05) is 36.4 Å². The molecule has 1 N–H and O–H groups in total. The topological polar surface area (TPSA) is 87.5 Å². The molecule has 0 radical (unpaired) electrons. The van der Waals surface area contributed by atoms with Gasteiger partial charge in [-0.05, 0) is 51.0 Å².